The standard InChI is InChI=1S/C11H18OS/c1-4-9(5-2)11(12)10-6-8(3)13-7-10/h6-7,9,11-12H,4-5H2,1-3H3. The van der Waals surface area contributed by atoms with Crippen molar-refractivity contribution in [2.24, 2.45) is 5.92 Å². The number of rotatable bonds is 4. The van der Waals surface area contributed by atoms with E-state index in [-0.39, 0.29) is 6.10 Å². The molecular formula is C11H18OS. The van der Waals surface area contributed by atoms with Crippen LogP contribution in [0.3, 0.4) is 0 Å². The van der Waals surface area contributed by atoms with Gasteiger partial charge in [0.1, 0.15) is 0 Å². The molecule has 0 saturated heterocycles. The molecule has 0 aromatic carbocycles. The Labute approximate surface area is 84.4 Å². The molecule has 0 saturated carbocycles. The van der Waals surface area contributed by atoms with Gasteiger partial charge in [-0.2, -0.15) is 0 Å². The summed E-state index contributed by atoms with van der Waals surface area (Å²) in [6.07, 6.45) is 1.83. The maximum Gasteiger partial charge on any atom is 0.0826 e. The molecule has 1 atom stereocenters. The first kappa shape index (κ1) is 10.7. The molecule has 1 rings (SSSR count). The third-order valence-corrected chi connectivity index (χ3v) is 3.47. The highest BCUT2D eigenvalue weighted by Crippen LogP contribution is 2.29. The zero-order valence-electron chi connectivity index (χ0n) is 8.58. The Hall–Kier alpha value is -0.340. The number of aliphatic hydroxyl groups excluding tert-OH is 1. The zero-order chi connectivity index (χ0) is 9.84. The van der Waals surface area contributed by atoms with E-state index in [1.54, 1.807) is 11.3 Å². The molecule has 0 radical (unpaired) electrons. The van der Waals surface area contributed by atoms with E-state index in [4.69, 9.17) is 0 Å². The molecule has 1 aromatic rings. The van der Waals surface area contributed by atoms with Crippen LogP contribution in [-0.2, 0) is 0 Å². The van der Waals surface area contributed by atoms with E-state index in [0.29, 0.717) is 5.92 Å². The molecule has 1 nitrogen and oxygen atoms in total. The summed E-state index contributed by atoms with van der Waals surface area (Å²) in [5, 5.41) is 12.1. The van der Waals surface area contributed by atoms with Gasteiger partial charge in [0.25, 0.3) is 0 Å². The average Bonchev–Trinajstić information content (AvgIpc) is 2.54. The van der Waals surface area contributed by atoms with Gasteiger partial charge in [0.05, 0.1) is 6.10 Å². The van der Waals surface area contributed by atoms with Crippen LogP contribution in [0.5, 0.6) is 0 Å². The van der Waals surface area contributed by atoms with E-state index in [1.165, 1.54) is 4.88 Å². The molecular weight excluding hydrogens is 180 g/mol. The molecule has 1 aromatic heterocycles. The molecule has 0 aliphatic carbocycles. The Kier molecular flexibility index (Phi) is 3.94. The summed E-state index contributed by atoms with van der Waals surface area (Å²) in [5.74, 6) is 0.411. The van der Waals surface area contributed by atoms with E-state index >= 15 is 0 Å². The van der Waals surface area contributed by atoms with E-state index in [9.17, 15) is 5.11 Å². The Bertz CT molecular complexity index is 250. The maximum atomic E-state index is 10.0. The fourth-order valence-corrected chi connectivity index (χ4v) is 2.36. The van der Waals surface area contributed by atoms with Gasteiger partial charge in [-0.05, 0) is 29.9 Å². The monoisotopic (exact) mass is 198 g/mol. The van der Waals surface area contributed by atoms with Crippen LogP contribution in [-0.4, -0.2) is 5.11 Å². The first-order chi connectivity index (χ1) is 6.19. The SMILES string of the molecule is CCC(CC)C(O)c1csc(C)c1. The smallest absolute Gasteiger partial charge is 0.0826 e. The second-order valence-corrected chi connectivity index (χ2v) is 4.63. The lowest BCUT2D eigenvalue weighted by molar-refractivity contribution is 0.104. The largest absolute Gasteiger partial charge is 0.388 e. The highest BCUT2D eigenvalue weighted by atomic mass is 32.1. The molecule has 1 N–H and O–H groups in total. The topological polar surface area (TPSA) is 20.2 Å². The second-order valence-electron chi connectivity index (χ2n) is 3.51. The van der Waals surface area contributed by atoms with Crippen molar-refractivity contribution in [2.75, 3.05) is 0 Å². The molecule has 0 amide bonds. The van der Waals surface area contributed by atoms with Crippen molar-refractivity contribution in [3.8, 4) is 0 Å². The summed E-state index contributed by atoms with van der Waals surface area (Å²) < 4.78 is 0. The van der Waals surface area contributed by atoms with Crippen molar-refractivity contribution >= 4 is 11.3 Å². The normalized spacial score (nSPS) is 13.6. The van der Waals surface area contributed by atoms with Crippen molar-refractivity contribution in [3.05, 3.63) is 21.9 Å². The third kappa shape index (κ3) is 2.55. The van der Waals surface area contributed by atoms with E-state index in [1.807, 2.05) is 0 Å². The van der Waals surface area contributed by atoms with Crippen molar-refractivity contribution in [1.29, 1.82) is 0 Å². The molecule has 0 aliphatic rings. The minimum absolute atomic E-state index is 0.264. The van der Waals surface area contributed by atoms with E-state index < -0.39 is 0 Å². The van der Waals surface area contributed by atoms with Crippen molar-refractivity contribution < 1.29 is 5.11 Å². The fourth-order valence-electron chi connectivity index (χ4n) is 1.63. The van der Waals surface area contributed by atoms with E-state index in [0.717, 1.165) is 18.4 Å². The average molecular weight is 198 g/mol. The number of aryl methyl sites for hydroxylation is 1. The Morgan fingerprint density at radius 2 is 2.00 bits per heavy atom. The van der Waals surface area contributed by atoms with Gasteiger partial charge in [-0.3, -0.25) is 0 Å². The molecule has 13 heavy (non-hydrogen) atoms. The Morgan fingerprint density at radius 1 is 1.38 bits per heavy atom. The number of aliphatic hydroxyl groups is 1. The van der Waals surface area contributed by atoms with Gasteiger partial charge >= 0.3 is 0 Å². The first-order valence-electron chi connectivity index (χ1n) is 4.92. The van der Waals surface area contributed by atoms with Crippen molar-refractivity contribution in [2.45, 2.75) is 39.7 Å². The van der Waals surface area contributed by atoms with Crippen LogP contribution in [0.2, 0.25) is 0 Å². The third-order valence-electron chi connectivity index (χ3n) is 2.59. The Morgan fingerprint density at radius 3 is 2.38 bits per heavy atom. The molecule has 1 unspecified atom stereocenters. The lowest BCUT2D eigenvalue weighted by Crippen LogP contribution is -2.09. The van der Waals surface area contributed by atoms with Gasteiger partial charge in [-0.1, -0.05) is 26.7 Å². The van der Waals surface area contributed by atoms with Crippen molar-refractivity contribution in [3.63, 3.8) is 0 Å². The molecule has 0 spiro atoms. The minimum Gasteiger partial charge on any atom is -0.388 e. The first-order valence-corrected chi connectivity index (χ1v) is 5.80. The predicted molar refractivity (Wildman–Crippen MR) is 58.1 cm³/mol. The van der Waals surface area contributed by atoms with Crippen LogP contribution in [0.1, 0.15) is 43.2 Å². The highest BCUT2D eigenvalue weighted by Gasteiger charge is 2.17. The summed E-state index contributed by atoms with van der Waals surface area (Å²) in [4.78, 5) is 1.28. The van der Waals surface area contributed by atoms with Gasteiger partial charge in [-0.25, -0.2) is 0 Å². The number of hydrogen-bond acceptors (Lipinski definition) is 2. The molecule has 0 fully saturated rings. The van der Waals surface area contributed by atoms with E-state index in [2.05, 4.69) is 32.2 Å². The quantitative estimate of drug-likeness (QED) is 0.784. The van der Waals surface area contributed by atoms with Gasteiger partial charge in [0.15, 0.2) is 0 Å². The van der Waals surface area contributed by atoms with Crippen LogP contribution in [0.25, 0.3) is 0 Å². The molecule has 1 heterocycles. The van der Waals surface area contributed by atoms with Crippen LogP contribution in [0.4, 0.5) is 0 Å². The summed E-state index contributed by atoms with van der Waals surface area (Å²) in [6.45, 7) is 6.35. The number of thiophene rings is 1. The zero-order valence-corrected chi connectivity index (χ0v) is 9.40. The lowest BCUT2D eigenvalue weighted by atomic mass is 9.93. The van der Waals surface area contributed by atoms with Gasteiger partial charge in [0.2, 0.25) is 0 Å². The highest BCUT2D eigenvalue weighted by molar-refractivity contribution is 7.10. The molecule has 2 heteroatoms. The Balaban J connectivity index is 2.71. The van der Waals surface area contributed by atoms with Gasteiger partial charge < -0.3 is 5.11 Å². The maximum absolute atomic E-state index is 10.0. The predicted octanol–water partition coefficient (Wildman–Crippen LogP) is 3.53. The summed E-state index contributed by atoms with van der Waals surface area (Å²) >= 11 is 1.71. The lowest BCUT2D eigenvalue weighted by Gasteiger charge is -2.18. The summed E-state index contributed by atoms with van der Waals surface area (Å²) in [5.41, 5.74) is 1.09. The van der Waals surface area contributed by atoms with Crippen LogP contribution in [0, 0.1) is 12.8 Å². The molecule has 74 valence electrons. The number of hydrogen-bond donors (Lipinski definition) is 1. The molecule has 0 bridgehead atoms. The molecule has 0 aliphatic heterocycles. The fraction of sp³-hybridized carbons (Fsp3) is 0.636. The minimum atomic E-state index is -0.264. The second kappa shape index (κ2) is 4.77. The van der Waals surface area contributed by atoms with Crippen LogP contribution >= 0.6 is 11.3 Å². The summed E-state index contributed by atoms with van der Waals surface area (Å²) in [7, 11) is 0. The van der Waals surface area contributed by atoms with Gasteiger partial charge in [0, 0.05) is 4.88 Å². The van der Waals surface area contributed by atoms with Crippen LogP contribution in [0.15, 0.2) is 11.4 Å². The summed E-state index contributed by atoms with van der Waals surface area (Å²) in [6, 6.07) is 2.09. The van der Waals surface area contributed by atoms with Crippen LogP contribution < -0.4 is 0 Å². The van der Waals surface area contributed by atoms with Gasteiger partial charge in [-0.15, -0.1) is 11.3 Å². The van der Waals surface area contributed by atoms with Crippen molar-refractivity contribution in [1.82, 2.24) is 0 Å².